The van der Waals surface area contributed by atoms with Crippen molar-refractivity contribution in [3.8, 4) is 17.2 Å². The average molecular weight is 564 g/mol. The molecule has 2 aromatic carbocycles. The van der Waals surface area contributed by atoms with Crippen molar-refractivity contribution in [2.45, 2.75) is 77.8 Å². The van der Waals surface area contributed by atoms with E-state index < -0.39 is 0 Å². The number of benzene rings is 2. The molecule has 4 rings (SSSR count). The number of rotatable bonds is 17. The Labute approximate surface area is 249 Å². The molecule has 0 radical (unpaired) electrons. The fourth-order valence-electron chi connectivity index (χ4n) is 5.35. The molecule has 1 aliphatic heterocycles. The zero-order chi connectivity index (χ0) is 29.5. The molecule has 0 saturated heterocycles. The normalized spacial score (nSPS) is 16.0. The van der Waals surface area contributed by atoms with Crippen molar-refractivity contribution >= 4 is 0 Å². The van der Waals surface area contributed by atoms with Crippen molar-refractivity contribution in [1.29, 1.82) is 0 Å². The van der Waals surface area contributed by atoms with Gasteiger partial charge in [0.25, 0.3) is 0 Å². The summed E-state index contributed by atoms with van der Waals surface area (Å²) in [7, 11) is 5.17. The van der Waals surface area contributed by atoms with Crippen molar-refractivity contribution in [2.24, 2.45) is 0 Å². The molecule has 6 nitrogen and oxygen atoms in total. The molecule has 2 aliphatic rings. The highest BCUT2D eigenvalue weighted by molar-refractivity contribution is 5.54. The van der Waals surface area contributed by atoms with Gasteiger partial charge in [0.05, 0.1) is 27.4 Å². The number of hydrogen-bond acceptors (Lipinski definition) is 6. The van der Waals surface area contributed by atoms with E-state index in [1.165, 1.54) is 60.8 Å². The summed E-state index contributed by atoms with van der Waals surface area (Å²) in [6.07, 6.45) is 14.0. The second-order valence-electron chi connectivity index (χ2n) is 10.7. The quantitative estimate of drug-likeness (QED) is 0.196. The molecule has 2 aromatic rings. The van der Waals surface area contributed by atoms with E-state index in [9.17, 15) is 0 Å². The van der Waals surface area contributed by atoms with Crippen molar-refractivity contribution in [3.05, 3.63) is 77.0 Å². The van der Waals surface area contributed by atoms with Crippen LogP contribution in [0.4, 0.5) is 0 Å². The maximum absolute atomic E-state index is 5.72. The molecule has 0 bridgehead atoms. The van der Waals surface area contributed by atoms with Crippen LogP contribution in [0.25, 0.3) is 0 Å². The SMILES string of the molecule is CC.CCCN(CCCCCNCc1ccc(OC)cc1)CC1=CC(c2cc(OC)c(OC)c(C3CC3)c2)NC=C1. The van der Waals surface area contributed by atoms with Gasteiger partial charge < -0.3 is 24.8 Å². The third-order valence-electron chi connectivity index (χ3n) is 7.62. The van der Waals surface area contributed by atoms with Crippen LogP contribution in [-0.4, -0.2) is 52.4 Å². The molecule has 0 aromatic heterocycles. The van der Waals surface area contributed by atoms with Crippen molar-refractivity contribution in [1.82, 2.24) is 15.5 Å². The first-order valence-corrected chi connectivity index (χ1v) is 15.6. The van der Waals surface area contributed by atoms with Gasteiger partial charge in [-0.2, -0.15) is 0 Å². The van der Waals surface area contributed by atoms with E-state index in [0.717, 1.165) is 50.0 Å². The Bertz CT molecular complexity index is 1090. The minimum Gasteiger partial charge on any atom is -0.497 e. The van der Waals surface area contributed by atoms with Gasteiger partial charge in [0, 0.05) is 18.7 Å². The third kappa shape index (κ3) is 10.1. The average Bonchev–Trinajstić information content (AvgIpc) is 3.87. The highest BCUT2D eigenvalue weighted by atomic mass is 16.5. The summed E-state index contributed by atoms with van der Waals surface area (Å²) in [5.41, 5.74) is 5.18. The molecule has 1 saturated carbocycles. The number of ether oxygens (including phenoxy) is 3. The minimum absolute atomic E-state index is 0.141. The van der Waals surface area contributed by atoms with Gasteiger partial charge in [-0.25, -0.2) is 0 Å². The molecular weight excluding hydrogens is 510 g/mol. The molecule has 41 heavy (non-hydrogen) atoms. The van der Waals surface area contributed by atoms with Crippen molar-refractivity contribution in [2.75, 3.05) is 47.5 Å². The van der Waals surface area contributed by atoms with Crippen molar-refractivity contribution < 1.29 is 14.2 Å². The zero-order valence-corrected chi connectivity index (χ0v) is 26.3. The van der Waals surface area contributed by atoms with E-state index in [-0.39, 0.29) is 6.04 Å². The van der Waals surface area contributed by atoms with Crippen molar-refractivity contribution in [3.63, 3.8) is 0 Å². The van der Waals surface area contributed by atoms with Crippen LogP contribution in [0.1, 0.15) is 87.9 Å². The fraction of sp³-hybridized carbons (Fsp3) is 0.543. The van der Waals surface area contributed by atoms with Gasteiger partial charge in [0.1, 0.15) is 5.75 Å². The van der Waals surface area contributed by atoms with Gasteiger partial charge in [0.15, 0.2) is 11.5 Å². The molecule has 1 fully saturated rings. The fourth-order valence-corrected chi connectivity index (χ4v) is 5.35. The summed E-state index contributed by atoms with van der Waals surface area (Å²) in [6.45, 7) is 11.5. The lowest BCUT2D eigenvalue weighted by atomic mass is 9.96. The first kappa shape index (κ1) is 32.6. The van der Waals surface area contributed by atoms with Gasteiger partial charge in [0.2, 0.25) is 0 Å². The third-order valence-corrected chi connectivity index (χ3v) is 7.62. The van der Waals surface area contributed by atoms with Gasteiger partial charge in [-0.15, -0.1) is 0 Å². The Morgan fingerprint density at radius 2 is 1.71 bits per heavy atom. The second-order valence-corrected chi connectivity index (χ2v) is 10.7. The number of dihydropyridines is 1. The molecular formula is C35H53N3O3. The number of unbranched alkanes of at least 4 members (excludes halogenated alkanes) is 2. The van der Waals surface area contributed by atoms with Crippen LogP contribution < -0.4 is 24.8 Å². The Hall–Kier alpha value is -2.96. The van der Waals surface area contributed by atoms with E-state index in [1.807, 2.05) is 26.0 Å². The summed E-state index contributed by atoms with van der Waals surface area (Å²) in [6, 6.07) is 12.9. The first-order chi connectivity index (χ1) is 20.1. The standard InChI is InChI=1S/C33H47N3O3.C2H6/c1-5-18-36(19-8-6-7-16-34-23-25-9-13-29(37-2)14-10-25)24-26-15-17-35-31(20-26)28-21-30(27-11-12-27)33(39-4)32(22-28)38-3;1-2/h9-10,13-15,17,20-22,27,31,34-35H,5-8,11-12,16,18-19,23-24H2,1-4H3;1-2H3. The number of nitrogens with one attached hydrogen (secondary N) is 2. The lowest BCUT2D eigenvalue weighted by Gasteiger charge is -2.26. The van der Waals surface area contributed by atoms with Gasteiger partial charge in [-0.1, -0.05) is 45.4 Å². The van der Waals surface area contributed by atoms with E-state index in [4.69, 9.17) is 14.2 Å². The maximum Gasteiger partial charge on any atom is 0.164 e. The smallest absolute Gasteiger partial charge is 0.164 e. The highest BCUT2D eigenvalue weighted by Gasteiger charge is 2.30. The highest BCUT2D eigenvalue weighted by Crippen LogP contribution is 2.48. The molecule has 1 heterocycles. The second kappa shape index (κ2) is 17.8. The maximum atomic E-state index is 5.72. The predicted octanol–water partition coefficient (Wildman–Crippen LogP) is 7.37. The summed E-state index contributed by atoms with van der Waals surface area (Å²) in [5, 5.41) is 7.12. The molecule has 2 N–H and O–H groups in total. The minimum atomic E-state index is 0.141. The molecule has 0 amide bonds. The Morgan fingerprint density at radius 1 is 0.927 bits per heavy atom. The molecule has 0 spiro atoms. The monoisotopic (exact) mass is 563 g/mol. The van der Waals surface area contributed by atoms with E-state index in [2.05, 4.69) is 65.1 Å². The van der Waals surface area contributed by atoms with Crippen LogP contribution in [0.15, 0.2) is 60.3 Å². The van der Waals surface area contributed by atoms with Crippen LogP contribution in [0.3, 0.4) is 0 Å². The van der Waals surface area contributed by atoms with Crippen LogP contribution in [-0.2, 0) is 6.54 Å². The van der Waals surface area contributed by atoms with E-state index >= 15 is 0 Å². The lowest BCUT2D eigenvalue weighted by Crippen LogP contribution is -2.29. The summed E-state index contributed by atoms with van der Waals surface area (Å²) in [4.78, 5) is 2.60. The Morgan fingerprint density at radius 3 is 2.37 bits per heavy atom. The molecule has 1 aliphatic carbocycles. The molecule has 226 valence electrons. The van der Waals surface area contributed by atoms with Crippen LogP contribution in [0.2, 0.25) is 0 Å². The Balaban J connectivity index is 0.00000226. The molecule has 1 atom stereocenters. The number of hydrogen-bond donors (Lipinski definition) is 2. The van der Waals surface area contributed by atoms with Crippen LogP contribution in [0.5, 0.6) is 17.2 Å². The lowest BCUT2D eigenvalue weighted by molar-refractivity contribution is 0.290. The van der Waals surface area contributed by atoms with Crippen LogP contribution >= 0.6 is 0 Å². The summed E-state index contributed by atoms with van der Waals surface area (Å²) in [5.74, 6) is 3.22. The van der Waals surface area contributed by atoms with Gasteiger partial charge in [-0.05, 0) is 111 Å². The number of methoxy groups -OCH3 is 3. The molecule has 6 heteroatoms. The largest absolute Gasteiger partial charge is 0.497 e. The van der Waals surface area contributed by atoms with Gasteiger partial charge in [-0.3, -0.25) is 4.90 Å². The number of nitrogens with zero attached hydrogens (tertiary/aromatic N) is 1. The first-order valence-electron chi connectivity index (χ1n) is 15.6. The molecule has 1 unspecified atom stereocenters. The summed E-state index contributed by atoms with van der Waals surface area (Å²) >= 11 is 0. The predicted molar refractivity (Wildman–Crippen MR) is 171 cm³/mol. The topological polar surface area (TPSA) is 55.0 Å². The van der Waals surface area contributed by atoms with Gasteiger partial charge >= 0.3 is 0 Å². The van der Waals surface area contributed by atoms with E-state index in [1.54, 1.807) is 21.3 Å². The Kier molecular flexibility index (Phi) is 14.1. The zero-order valence-electron chi connectivity index (χ0n) is 26.3. The van der Waals surface area contributed by atoms with Crippen LogP contribution in [0, 0.1) is 0 Å². The van der Waals surface area contributed by atoms with E-state index in [0.29, 0.717) is 5.92 Å². The summed E-state index contributed by atoms with van der Waals surface area (Å²) < 4.78 is 16.7.